The topological polar surface area (TPSA) is 91.3 Å². The molecule has 1 saturated carbocycles. The Labute approximate surface area is 115 Å². The first kappa shape index (κ1) is 13.8. The second kappa shape index (κ2) is 5.56. The van der Waals surface area contributed by atoms with Gasteiger partial charge in [0.1, 0.15) is 5.54 Å². The number of nitrogens with one attached hydrogen (secondary N) is 2. The lowest BCUT2D eigenvalue weighted by atomic mass is 9.96. The summed E-state index contributed by atoms with van der Waals surface area (Å²) in [5.41, 5.74) is -1.16. The van der Waals surface area contributed by atoms with Gasteiger partial charge in [-0.25, -0.2) is 14.6 Å². The van der Waals surface area contributed by atoms with E-state index in [0.29, 0.717) is 13.0 Å². The molecule has 104 valence electrons. The Hall–Kier alpha value is -1.63. The minimum atomic E-state index is -1.16. The molecule has 19 heavy (non-hydrogen) atoms. The van der Waals surface area contributed by atoms with Crippen molar-refractivity contribution < 1.29 is 14.7 Å². The van der Waals surface area contributed by atoms with Gasteiger partial charge < -0.3 is 15.7 Å². The first-order valence-corrected chi connectivity index (χ1v) is 7.08. The molecule has 1 aliphatic rings. The van der Waals surface area contributed by atoms with Crippen molar-refractivity contribution in [1.29, 1.82) is 0 Å². The maximum absolute atomic E-state index is 11.7. The Balaban J connectivity index is 1.78. The molecule has 7 heteroatoms. The Morgan fingerprint density at radius 1 is 1.58 bits per heavy atom. The molecule has 0 aliphatic heterocycles. The quantitative estimate of drug-likeness (QED) is 0.732. The third-order valence-corrected chi connectivity index (χ3v) is 4.16. The van der Waals surface area contributed by atoms with Crippen LogP contribution in [0.3, 0.4) is 0 Å². The number of amides is 2. The molecule has 1 aromatic rings. The molecule has 1 aromatic heterocycles. The van der Waals surface area contributed by atoms with Crippen LogP contribution in [0.1, 0.15) is 24.8 Å². The highest BCUT2D eigenvalue weighted by atomic mass is 32.1. The van der Waals surface area contributed by atoms with Crippen molar-refractivity contribution in [2.75, 3.05) is 6.54 Å². The molecule has 6 nitrogen and oxygen atoms in total. The smallest absolute Gasteiger partial charge is 0.329 e. The molecule has 2 amide bonds. The van der Waals surface area contributed by atoms with E-state index in [1.807, 2.05) is 5.38 Å². The molecule has 2 rings (SSSR count). The van der Waals surface area contributed by atoms with Gasteiger partial charge in [-0.3, -0.25) is 0 Å². The molecule has 1 aliphatic carbocycles. The van der Waals surface area contributed by atoms with Crippen molar-refractivity contribution in [3.63, 3.8) is 0 Å². The number of carboxylic acids is 1. The second-order valence-electron chi connectivity index (χ2n) is 4.84. The monoisotopic (exact) mass is 283 g/mol. The Kier molecular flexibility index (Phi) is 4.04. The number of aliphatic carboxylic acids is 1. The highest BCUT2D eigenvalue weighted by Gasteiger charge is 2.48. The highest BCUT2D eigenvalue weighted by molar-refractivity contribution is 7.09. The first-order chi connectivity index (χ1) is 9.02. The van der Waals surface area contributed by atoms with Gasteiger partial charge in [0, 0.05) is 24.5 Å². The van der Waals surface area contributed by atoms with E-state index < -0.39 is 17.5 Å². The van der Waals surface area contributed by atoms with E-state index in [4.69, 9.17) is 0 Å². The summed E-state index contributed by atoms with van der Waals surface area (Å²) in [6.45, 7) is 2.01. The van der Waals surface area contributed by atoms with Crippen LogP contribution in [-0.2, 0) is 11.2 Å². The number of rotatable bonds is 6. The van der Waals surface area contributed by atoms with Crippen molar-refractivity contribution in [2.24, 2.45) is 5.92 Å². The molecule has 0 radical (unpaired) electrons. The van der Waals surface area contributed by atoms with Gasteiger partial charge in [-0.15, -0.1) is 11.3 Å². The van der Waals surface area contributed by atoms with E-state index in [2.05, 4.69) is 15.6 Å². The molecule has 1 fully saturated rings. The van der Waals surface area contributed by atoms with Gasteiger partial charge in [0.05, 0.1) is 5.01 Å². The van der Waals surface area contributed by atoms with Gasteiger partial charge in [0.15, 0.2) is 0 Å². The third-order valence-electron chi connectivity index (χ3n) is 3.32. The van der Waals surface area contributed by atoms with Crippen LogP contribution in [-0.4, -0.2) is 34.2 Å². The molecule has 0 aromatic carbocycles. The van der Waals surface area contributed by atoms with Gasteiger partial charge in [0.25, 0.3) is 0 Å². The number of urea groups is 1. The van der Waals surface area contributed by atoms with Gasteiger partial charge in [-0.1, -0.05) is 0 Å². The van der Waals surface area contributed by atoms with Crippen molar-refractivity contribution in [1.82, 2.24) is 15.6 Å². The van der Waals surface area contributed by atoms with Crippen LogP contribution < -0.4 is 10.6 Å². The van der Waals surface area contributed by atoms with E-state index in [1.54, 1.807) is 13.1 Å². The molecular weight excluding hydrogens is 266 g/mol. The molecule has 1 heterocycles. The summed E-state index contributed by atoms with van der Waals surface area (Å²) < 4.78 is 0. The van der Waals surface area contributed by atoms with Crippen LogP contribution in [0.25, 0.3) is 0 Å². The normalized spacial score (nSPS) is 17.5. The number of thiazole rings is 1. The van der Waals surface area contributed by atoms with Gasteiger partial charge >= 0.3 is 12.0 Å². The zero-order valence-electron chi connectivity index (χ0n) is 10.7. The lowest BCUT2D eigenvalue weighted by molar-refractivity contribution is -0.144. The van der Waals surface area contributed by atoms with E-state index in [0.717, 1.165) is 17.8 Å². The zero-order chi connectivity index (χ0) is 13.9. The van der Waals surface area contributed by atoms with E-state index in [1.165, 1.54) is 11.3 Å². The fourth-order valence-electron chi connectivity index (χ4n) is 1.93. The van der Waals surface area contributed by atoms with Gasteiger partial charge in [0.2, 0.25) is 0 Å². The molecule has 1 unspecified atom stereocenters. The lowest BCUT2D eigenvalue weighted by Gasteiger charge is -2.26. The number of aromatic nitrogens is 1. The number of carboxylic acid groups (broad SMARTS) is 1. The fraction of sp³-hybridized carbons (Fsp3) is 0.583. The molecule has 0 spiro atoms. The predicted molar refractivity (Wildman–Crippen MR) is 71.1 cm³/mol. The maximum Gasteiger partial charge on any atom is 0.329 e. The number of hydrogen-bond donors (Lipinski definition) is 3. The summed E-state index contributed by atoms with van der Waals surface area (Å²) in [6, 6.07) is -0.437. The summed E-state index contributed by atoms with van der Waals surface area (Å²) in [7, 11) is 0. The number of nitrogens with zero attached hydrogens (tertiary/aromatic N) is 1. The summed E-state index contributed by atoms with van der Waals surface area (Å²) >= 11 is 1.53. The van der Waals surface area contributed by atoms with Crippen LogP contribution >= 0.6 is 11.3 Å². The third kappa shape index (κ3) is 3.44. The average Bonchev–Trinajstić information content (AvgIpc) is 3.08. The lowest BCUT2D eigenvalue weighted by Crippen LogP contribution is -2.56. The van der Waals surface area contributed by atoms with Crippen LogP contribution in [0.15, 0.2) is 11.6 Å². The van der Waals surface area contributed by atoms with E-state index >= 15 is 0 Å². The Morgan fingerprint density at radius 3 is 2.84 bits per heavy atom. The predicted octanol–water partition coefficient (Wildman–Crippen LogP) is 1.24. The summed E-state index contributed by atoms with van der Waals surface area (Å²) in [5, 5.41) is 17.3. The molecule has 1 atom stereocenters. The number of hydrogen-bond acceptors (Lipinski definition) is 4. The Morgan fingerprint density at radius 2 is 2.32 bits per heavy atom. The zero-order valence-corrected chi connectivity index (χ0v) is 11.5. The molecule has 0 saturated heterocycles. The summed E-state index contributed by atoms with van der Waals surface area (Å²) in [6.07, 6.45) is 4.07. The standard InChI is InChI=1S/C12H17N3O3S/c1-12(10(16)17,8-2-3-8)15-11(18)14-5-4-9-13-6-7-19-9/h6-8H,2-5H2,1H3,(H,16,17)(H2,14,15,18). The number of carbonyl (C=O) groups excluding carboxylic acids is 1. The SMILES string of the molecule is CC(NC(=O)NCCc1nccs1)(C(=O)O)C1CC1. The van der Waals surface area contributed by atoms with Crippen LogP contribution in [0.5, 0.6) is 0 Å². The van der Waals surface area contributed by atoms with Crippen LogP contribution in [0.4, 0.5) is 4.79 Å². The minimum Gasteiger partial charge on any atom is -0.480 e. The van der Waals surface area contributed by atoms with Crippen molar-refractivity contribution in [3.05, 3.63) is 16.6 Å². The van der Waals surface area contributed by atoms with Crippen LogP contribution in [0, 0.1) is 5.92 Å². The highest BCUT2D eigenvalue weighted by Crippen LogP contribution is 2.39. The Bertz CT molecular complexity index is 459. The molecule has 3 N–H and O–H groups in total. The van der Waals surface area contributed by atoms with E-state index in [9.17, 15) is 14.7 Å². The number of carbonyl (C=O) groups is 2. The van der Waals surface area contributed by atoms with Crippen molar-refractivity contribution in [3.8, 4) is 0 Å². The fourth-order valence-corrected chi connectivity index (χ4v) is 2.55. The van der Waals surface area contributed by atoms with Crippen molar-refractivity contribution in [2.45, 2.75) is 31.7 Å². The second-order valence-corrected chi connectivity index (χ2v) is 5.82. The summed E-state index contributed by atoms with van der Waals surface area (Å²) in [5.74, 6) is -0.945. The molecule has 0 bridgehead atoms. The maximum atomic E-state index is 11.7. The van der Waals surface area contributed by atoms with Gasteiger partial charge in [-0.2, -0.15) is 0 Å². The molecular formula is C12H17N3O3S. The largest absolute Gasteiger partial charge is 0.480 e. The van der Waals surface area contributed by atoms with Crippen molar-refractivity contribution >= 4 is 23.3 Å². The van der Waals surface area contributed by atoms with Crippen LogP contribution in [0.2, 0.25) is 0 Å². The van der Waals surface area contributed by atoms with Gasteiger partial charge in [-0.05, 0) is 25.7 Å². The average molecular weight is 283 g/mol. The first-order valence-electron chi connectivity index (χ1n) is 6.20. The summed E-state index contributed by atoms with van der Waals surface area (Å²) in [4.78, 5) is 27.1. The van der Waals surface area contributed by atoms with E-state index in [-0.39, 0.29) is 5.92 Å². The minimum absolute atomic E-state index is 0.0368.